The average Bonchev–Trinajstić information content (AvgIpc) is 3.28. The van der Waals surface area contributed by atoms with E-state index < -0.39 is 12.1 Å². The molecule has 0 radical (unpaired) electrons. The van der Waals surface area contributed by atoms with Crippen molar-refractivity contribution in [2.45, 2.75) is 302 Å². The van der Waals surface area contributed by atoms with Gasteiger partial charge in [0.1, 0.15) is 0 Å². The van der Waals surface area contributed by atoms with Crippen LogP contribution in [0.5, 0.6) is 0 Å². The quantitative estimate of drug-likeness (QED) is 0.0245. The van der Waals surface area contributed by atoms with Gasteiger partial charge >= 0.3 is 5.97 Å². The Morgan fingerprint density at radius 3 is 1.17 bits per heavy atom. The summed E-state index contributed by atoms with van der Waals surface area (Å²) in [6.07, 6.45) is 64.5. The molecule has 2 unspecified atom stereocenters. The summed E-state index contributed by atoms with van der Waals surface area (Å²) in [7, 11) is 0. The fourth-order valence-corrected chi connectivity index (χ4v) is 8.39. The monoisotopic (exact) mass is 886 g/mol. The summed E-state index contributed by atoms with van der Waals surface area (Å²) in [5, 5.41) is 23.0. The first-order valence-corrected chi connectivity index (χ1v) is 27.8. The number of carbonyl (C=O) groups is 2. The SMILES string of the molecule is CCCCCCCCCCCCC/C=C/C(O)C(CO)NC(=O)CCCCCCCC/C=C\C=C/CCCCCOC(=O)CCCCCCCCCCCCCCCCCCCC. The maximum absolute atomic E-state index is 12.4. The van der Waals surface area contributed by atoms with Gasteiger partial charge in [-0.05, 0) is 64.2 Å². The second-order valence-electron chi connectivity index (χ2n) is 18.9. The van der Waals surface area contributed by atoms with Crippen molar-refractivity contribution >= 4 is 11.9 Å². The number of hydrogen-bond donors (Lipinski definition) is 3. The number of esters is 1. The van der Waals surface area contributed by atoms with Gasteiger partial charge in [0, 0.05) is 12.8 Å². The number of hydrogen-bond acceptors (Lipinski definition) is 5. The predicted octanol–water partition coefficient (Wildman–Crippen LogP) is 16.9. The van der Waals surface area contributed by atoms with Crippen molar-refractivity contribution < 1.29 is 24.5 Å². The van der Waals surface area contributed by atoms with Crippen LogP contribution in [0, 0.1) is 0 Å². The van der Waals surface area contributed by atoms with Crippen LogP contribution in [0.25, 0.3) is 0 Å². The zero-order valence-corrected chi connectivity index (χ0v) is 42.1. The van der Waals surface area contributed by atoms with Gasteiger partial charge < -0.3 is 20.3 Å². The topological polar surface area (TPSA) is 95.9 Å². The third-order valence-corrected chi connectivity index (χ3v) is 12.7. The van der Waals surface area contributed by atoms with E-state index in [1.807, 2.05) is 6.08 Å². The predicted molar refractivity (Wildman–Crippen MR) is 273 cm³/mol. The third-order valence-electron chi connectivity index (χ3n) is 12.7. The highest BCUT2D eigenvalue weighted by Crippen LogP contribution is 2.16. The Balaban J connectivity index is 3.51. The summed E-state index contributed by atoms with van der Waals surface area (Å²) in [4.78, 5) is 24.5. The van der Waals surface area contributed by atoms with Crippen molar-refractivity contribution in [1.29, 1.82) is 0 Å². The summed E-state index contributed by atoms with van der Waals surface area (Å²) < 4.78 is 5.46. The van der Waals surface area contributed by atoms with Gasteiger partial charge in [-0.3, -0.25) is 9.59 Å². The Labute approximate surface area is 392 Å². The van der Waals surface area contributed by atoms with E-state index in [9.17, 15) is 19.8 Å². The lowest BCUT2D eigenvalue weighted by atomic mass is 10.0. The van der Waals surface area contributed by atoms with Crippen LogP contribution in [0.4, 0.5) is 0 Å². The summed E-state index contributed by atoms with van der Waals surface area (Å²) in [5.74, 6) is -0.110. The van der Waals surface area contributed by atoms with Crippen molar-refractivity contribution in [3.8, 4) is 0 Å². The number of allylic oxidation sites excluding steroid dienone is 5. The number of amides is 1. The molecule has 3 N–H and O–H groups in total. The van der Waals surface area contributed by atoms with E-state index in [0.717, 1.165) is 77.0 Å². The van der Waals surface area contributed by atoms with Gasteiger partial charge in [-0.2, -0.15) is 0 Å². The van der Waals surface area contributed by atoms with Crippen molar-refractivity contribution in [2.75, 3.05) is 13.2 Å². The van der Waals surface area contributed by atoms with Crippen molar-refractivity contribution in [3.63, 3.8) is 0 Å². The maximum Gasteiger partial charge on any atom is 0.305 e. The van der Waals surface area contributed by atoms with E-state index in [2.05, 4.69) is 43.5 Å². The molecule has 370 valence electrons. The fourth-order valence-electron chi connectivity index (χ4n) is 8.39. The van der Waals surface area contributed by atoms with Crippen molar-refractivity contribution in [3.05, 3.63) is 36.5 Å². The molecule has 0 bridgehead atoms. The number of carbonyl (C=O) groups excluding carboxylic acids is 2. The average molecular weight is 886 g/mol. The minimum absolute atomic E-state index is 0.0189. The lowest BCUT2D eigenvalue weighted by Gasteiger charge is -2.20. The molecule has 0 fully saturated rings. The highest BCUT2D eigenvalue weighted by atomic mass is 16.5. The Bertz CT molecular complexity index is 1020. The van der Waals surface area contributed by atoms with E-state index in [0.29, 0.717) is 19.4 Å². The van der Waals surface area contributed by atoms with E-state index in [1.165, 1.54) is 186 Å². The Morgan fingerprint density at radius 2 is 0.778 bits per heavy atom. The zero-order valence-electron chi connectivity index (χ0n) is 42.1. The molecule has 0 rings (SSSR count). The lowest BCUT2D eigenvalue weighted by molar-refractivity contribution is -0.143. The number of unbranched alkanes of at least 4 members (excludes halogenated alkanes) is 37. The molecule has 6 nitrogen and oxygen atoms in total. The van der Waals surface area contributed by atoms with Gasteiger partial charge in [-0.15, -0.1) is 0 Å². The van der Waals surface area contributed by atoms with E-state index in [4.69, 9.17) is 4.74 Å². The van der Waals surface area contributed by atoms with Gasteiger partial charge in [0.25, 0.3) is 0 Å². The molecule has 0 saturated heterocycles. The molecule has 0 aliphatic carbocycles. The molecular formula is C57H107NO5. The second-order valence-corrected chi connectivity index (χ2v) is 18.9. The van der Waals surface area contributed by atoms with Gasteiger partial charge in [-0.1, -0.05) is 249 Å². The molecule has 0 aromatic heterocycles. The van der Waals surface area contributed by atoms with Crippen LogP contribution in [0.2, 0.25) is 0 Å². The first-order chi connectivity index (χ1) is 31.0. The lowest BCUT2D eigenvalue weighted by Crippen LogP contribution is -2.45. The summed E-state index contributed by atoms with van der Waals surface area (Å²) >= 11 is 0. The van der Waals surface area contributed by atoms with E-state index >= 15 is 0 Å². The molecule has 0 aliphatic heterocycles. The minimum atomic E-state index is -0.858. The normalized spacial score (nSPS) is 12.9. The van der Waals surface area contributed by atoms with Crippen LogP contribution in [-0.2, 0) is 14.3 Å². The molecule has 0 aliphatic rings. The van der Waals surface area contributed by atoms with Crippen molar-refractivity contribution in [2.24, 2.45) is 0 Å². The minimum Gasteiger partial charge on any atom is -0.466 e. The highest BCUT2D eigenvalue weighted by Gasteiger charge is 2.18. The number of rotatable bonds is 51. The van der Waals surface area contributed by atoms with Crippen LogP contribution in [0.1, 0.15) is 290 Å². The van der Waals surface area contributed by atoms with Gasteiger partial charge in [0.2, 0.25) is 5.91 Å². The third kappa shape index (κ3) is 49.4. The summed E-state index contributed by atoms with van der Waals surface area (Å²) in [6, 6.07) is -0.644. The van der Waals surface area contributed by atoms with Crippen LogP contribution in [0.3, 0.4) is 0 Å². The molecule has 0 aromatic rings. The van der Waals surface area contributed by atoms with Crippen LogP contribution in [0.15, 0.2) is 36.5 Å². The molecule has 0 spiro atoms. The van der Waals surface area contributed by atoms with E-state index in [1.54, 1.807) is 6.08 Å². The molecule has 6 heteroatoms. The van der Waals surface area contributed by atoms with Crippen LogP contribution < -0.4 is 5.32 Å². The van der Waals surface area contributed by atoms with Gasteiger partial charge in [-0.25, -0.2) is 0 Å². The number of nitrogens with one attached hydrogen (secondary N) is 1. The maximum atomic E-state index is 12.4. The van der Waals surface area contributed by atoms with Gasteiger partial charge in [0.15, 0.2) is 0 Å². The van der Waals surface area contributed by atoms with Gasteiger partial charge in [0.05, 0.1) is 25.4 Å². The van der Waals surface area contributed by atoms with E-state index in [-0.39, 0.29) is 18.5 Å². The van der Waals surface area contributed by atoms with Crippen LogP contribution >= 0.6 is 0 Å². The molecule has 63 heavy (non-hydrogen) atoms. The summed E-state index contributed by atoms with van der Waals surface area (Å²) in [5.41, 5.74) is 0. The first kappa shape index (κ1) is 61.1. The van der Waals surface area contributed by atoms with Crippen LogP contribution in [-0.4, -0.2) is 47.4 Å². The standard InChI is InChI=1S/C57H107NO5/c1-3-5-7-9-11-13-15-17-18-19-20-23-27-31-35-39-43-47-51-57(62)63-52-48-44-40-36-32-28-24-21-22-26-30-34-38-42-46-50-56(61)58-54(53-59)55(60)49-45-41-37-33-29-25-16-14-12-10-8-6-4-2/h21,24,28,32,45,49,54-55,59-60H,3-20,22-23,25-27,29-31,33-44,46-48,50-53H2,1-2H3,(H,58,61)/b24-21-,32-28-,49-45+. The Kier molecular flexibility index (Phi) is 51.1. The fraction of sp³-hybridized carbons (Fsp3) is 0.860. The highest BCUT2D eigenvalue weighted by molar-refractivity contribution is 5.76. The molecule has 0 heterocycles. The molecular weight excluding hydrogens is 779 g/mol. The largest absolute Gasteiger partial charge is 0.466 e. The Morgan fingerprint density at radius 1 is 0.444 bits per heavy atom. The van der Waals surface area contributed by atoms with Crippen molar-refractivity contribution in [1.82, 2.24) is 5.32 Å². The molecule has 1 amide bonds. The number of aliphatic hydroxyl groups excluding tert-OH is 2. The molecule has 0 saturated carbocycles. The Hall–Kier alpha value is -1.92. The second kappa shape index (κ2) is 52.7. The molecule has 2 atom stereocenters. The summed E-state index contributed by atoms with van der Waals surface area (Å²) in [6.45, 7) is 4.85. The first-order valence-electron chi connectivity index (χ1n) is 27.8. The number of aliphatic hydroxyl groups is 2. The molecule has 0 aromatic carbocycles. The number of ether oxygens (including phenoxy) is 1. The smallest absolute Gasteiger partial charge is 0.305 e. The zero-order chi connectivity index (χ0) is 45.8.